The Morgan fingerprint density at radius 3 is 2.73 bits per heavy atom. The maximum absolute atomic E-state index is 12.9. The summed E-state index contributed by atoms with van der Waals surface area (Å²) in [6, 6.07) is 17.0. The average molecular weight is 429 g/mol. The topological polar surface area (TPSA) is 58.6 Å². The molecule has 2 atom stereocenters. The van der Waals surface area contributed by atoms with E-state index >= 15 is 0 Å². The first-order chi connectivity index (χ1) is 14.6. The van der Waals surface area contributed by atoms with Crippen molar-refractivity contribution in [3.05, 3.63) is 65.2 Å². The predicted octanol–water partition coefficient (Wildman–Crippen LogP) is 4.62. The number of hydrogen-bond donors (Lipinski definition) is 1. The molecule has 5 nitrogen and oxygen atoms in total. The van der Waals surface area contributed by atoms with Crippen LogP contribution in [-0.2, 0) is 9.59 Å². The summed E-state index contributed by atoms with van der Waals surface area (Å²) in [7, 11) is 0. The molecule has 6 heteroatoms. The van der Waals surface area contributed by atoms with Crippen molar-refractivity contribution in [2.24, 2.45) is 5.92 Å². The Labute approximate surface area is 183 Å². The number of likely N-dealkylation sites (tertiary alicyclic amines) is 1. The number of para-hydroxylation sites is 1. The van der Waals surface area contributed by atoms with E-state index in [4.69, 9.17) is 16.3 Å². The highest BCUT2D eigenvalue weighted by Gasteiger charge is 2.29. The molecule has 0 aliphatic carbocycles. The molecule has 1 aliphatic rings. The van der Waals surface area contributed by atoms with Gasteiger partial charge in [-0.05, 0) is 49.1 Å². The molecule has 1 N–H and O–H groups in total. The van der Waals surface area contributed by atoms with Crippen LogP contribution in [-0.4, -0.2) is 36.4 Å². The quantitative estimate of drug-likeness (QED) is 0.667. The number of nitrogens with zero attached hydrogens (tertiary/aromatic N) is 1. The number of ether oxygens (including phenoxy) is 1. The summed E-state index contributed by atoms with van der Waals surface area (Å²) in [6.45, 7) is 3.53. The van der Waals surface area contributed by atoms with Gasteiger partial charge >= 0.3 is 0 Å². The summed E-state index contributed by atoms with van der Waals surface area (Å²) < 4.78 is 5.63. The zero-order valence-electron chi connectivity index (χ0n) is 17.4. The van der Waals surface area contributed by atoms with Crippen LogP contribution in [0.2, 0.25) is 5.02 Å². The fourth-order valence-electron chi connectivity index (χ4n) is 3.78. The fraction of sp³-hybridized carbons (Fsp3) is 0.417. The van der Waals surface area contributed by atoms with E-state index in [1.165, 1.54) is 0 Å². The van der Waals surface area contributed by atoms with Crippen molar-refractivity contribution in [2.45, 2.75) is 38.6 Å². The Morgan fingerprint density at radius 2 is 2.00 bits per heavy atom. The van der Waals surface area contributed by atoms with Crippen molar-refractivity contribution in [3.8, 4) is 5.75 Å². The van der Waals surface area contributed by atoms with Gasteiger partial charge < -0.3 is 15.0 Å². The molecule has 2 amide bonds. The smallest absolute Gasteiger partial charge is 0.226 e. The molecule has 1 aliphatic heterocycles. The van der Waals surface area contributed by atoms with Gasteiger partial charge in [0.25, 0.3) is 0 Å². The molecule has 0 bridgehead atoms. The van der Waals surface area contributed by atoms with E-state index in [0.29, 0.717) is 31.1 Å². The molecule has 2 aromatic rings. The summed E-state index contributed by atoms with van der Waals surface area (Å²) in [5.41, 5.74) is 1.00. The zero-order valence-corrected chi connectivity index (χ0v) is 18.1. The van der Waals surface area contributed by atoms with Gasteiger partial charge in [0.05, 0.1) is 25.0 Å². The van der Waals surface area contributed by atoms with E-state index in [9.17, 15) is 9.59 Å². The molecule has 0 radical (unpaired) electrons. The second kappa shape index (κ2) is 11.0. The molecule has 1 heterocycles. The molecule has 3 rings (SSSR count). The molecule has 30 heavy (non-hydrogen) atoms. The molecule has 160 valence electrons. The molecule has 1 saturated heterocycles. The first-order valence-corrected chi connectivity index (χ1v) is 11.0. The van der Waals surface area contributed by atoms with Crippen LogP contribution in [0.3, 0.4) is 0 Å². The minimum absolute atomic E-state index is 0.000129. The molecular weight excluding hydrogens is 400 g/mol. The lowest BCUT2D eigenvalue weighted by Gasteiger charge is -2.33. The van der Waals surface area contributed by atoms with Gasteiger partial charge in [0.1, 0.15) is 5.75 Å². The van der Waals surface area contributed by atoms with Crippen molar-refractivity contribution in [1.29, 1.82) is 0 Å². The molecule has 0 saturated carbocycles. The Kier molecular flexibility index (Phi) is 8.14. The van der Waals surface area contributed by atoms with Crippen molar-refractivity contribution in [2.75, 3.05) is 19.7 Å². The third kappa shape index (κ3) is 6.23. The van der Waals surface area contributed by atoms with Crippen LogP contribution in [0.15, 0.2) is 54.6 Å². The Morgan fingerprint density at radius 1 is 1.20 bits per heavy atom. The largest absolute Gasteiger partial charge is 0.493 e. The third-order valence-corrected chi connectivity index (χ3v) is 5.68. The SMILES string of the molecule is CCC(NC(=O)C1CCCN(C(=O)CCOc2ccccc2)C1)c1cccc(Cl)c1. The highest BCUT2D eigenvalue weighted by molar-refractivity contribution is 6.30. The molecule has 0 spiro atoms. The molecule has 1 fully saturated rings. The standard InChI is InChI=1S/C24H29ClN2O3/c1-2-22(18-8-6-10-20(25)16-18)26-24(29)19-9-7-14-27(17-19)23(28)13-15-30-21-11-4-3-5-12-21/h3-6,8,10-12,16,19,22H,2,7,9,13-15,17H2,1H3,(H,26,29). The lowest BCUT2D eigenvalue weighted by atomic mass is 9.95. The van der Waals surface area contributed by atoms with E-state index in [2.05, 4.69) is 5.32 Å². The van der Waals surface area contributed by atoms with Gasteiger partial charge in [-0.15, -0.1) is 0 Å². The number of hydrogen-bond acceptors (Lipinski definition) is 3. The van der Waals surface area contributed by atoms with Crippen LogP contribution in [0.4, 0.5) is 0 Å². The van der Waals surface area contributed by atoms with Crippen LogP contribution in [0.1, 0.15) is 44.2 Å². The predicted molar refractivity (Wildman–Crippen MR) is 118 cm³/mol. The Balaban J connectivity index is 1.50. The second-order valence-corrected chi connectivity index (χ2v) is 8.05. The maximum Gasteiger partial charge on any atom is 0.226 e. The highest BCUT2D eigenvalue weighted by atomic mass is 35.5. The number of piperidine rings is 1. The second-order valence-electron chi connectivity index (χ2n) is 7.61. The van der Waals surface area contributed by atoms with E-state index in [1.54, 1.807) is 4.90 Å². The van der Waals surface area contributed by atoms with Crippen LogP contribution >= 0.6 is 11.6 Å². The van der Waals surface area contributed by atoms with Gasteiger partial charge in [-0.25, -0.2) is 0 Å². The first kappa shape index (κ1) is 22.2. The normalized spacial score (nSPS) is 17.3. The molecular formula is C24H29ClN2O3. The van der Waals surface area contributed by atoms with Crippen molar-refractivity contribution < 1.29 is 14.3 Å². The van der Waals surface area contributed by atoms with Gasteiger partial charge in [-0.2, -0.15) is 0 Å². The molecule has 2 unspecified atom stereocenters. The van der Waals surface area contributed by atoms with E-state index in [0.717, 1.165) is 30.6 Å². The lowest BCUT2D eigenvalue weighted by molar-refractivity contribution is -0.136. The number of carbonyl (C=O) groups excluding carboxylic acids is 2. The van der Waals surface area contributed by atoms with Gasteiger partial charge in [-0.3, -0.25) is 9.59 Å². The number of benzene rings is 2. The number of halogens is 1. The minimum atomic E-state index is -0.189. The van der Waals surface area contributed by atoms with Crippen LogP contribution in [0.25, 0.3) is 0 Å². The van der Waals surface area contributed by atoms with Gasteiger partial charge in [0.2, 0.25) is 11.8 Å². The Bertz CT molecular complexity index is 843. The monoisotopic (exact) mass is 428 g/mol. The summed E-state index contributed by atoms with van der Waals surface area (Å²) in [5.74, 6) is 0.601. The Hall–Kier alpha value is -2.53. The van der Waals surface area contributed by atoms with Crippen molar-refractivity contribution in [1.82, 2.24) is 10.2 Å². The van der Waals surface area contributed by atoms with Gasteiger partial charge in [0, 0.05) is 18.1 Å². The fourth-order valence-corrected chi connectivity index (χ4v) is 3.98. The number of carbonyl (C=O) groups is 2. The number of nitrogens with one attached hydrogen (secondary N) is 1. The zero-order chi connectivity index (χ0) is 21.3. The van der Waals surface area contributed by atoms with E-state index in [1.807, 2.05) is 61.5 Å². The minimum Gasteiger partial charge on any atom is -0.493 e. The summed E-state index contributed by atoms with van der Waals surface area (Å²) >= 11 is 6.10. The van der Waals surface area contributed by atoms with Crippen molar-refractivity contribution in [3.63, 3.8) is 0 Å². The van der Waals surface area contributed by atoms with Crippen LogP contribution < -0.4 is 10.1 Å². The van der Waals surface area contributed by atoms with Gasteiger partial charge in [-0.1, -0.05) is 48.9 Å². The molecule has 0 aromatic heterocycles. The first-order valence-electron chi connectivity index (χ1n) is 10.6. The van der Waals surface area contributed by atoms with E-state index in [-0.39, 0.29) is 23.8 Å². The van der Waals surface area contributed by atoms with Gasteiger partial charge in [0.15, 0.2) is 0 Å². The van der Waals surface area contributed by atoms with Crippen LogP contribution in [0.5, 0.6) is 5.75 Å². The van der Waals surface area contributed by atoms with Crippen LogP contribution in [0, 0.1) is 5.92 Å². The molecule has 2 aromatic carbocycles. The maximum atomic E-state index is 12.9. The van der Waals surface area contributed by atoms with E-state index < -0.39 is 0 Å². The van der Waals surface area contributed by atoms with Crippen molar-refractivity contribution >= 4 is 23.4 Å². The summed E-state index contributed by atoms with van der Waals surface area (Å²) in [6.07, 6.45) is 2.71. The highest BCUT2D eigenvalue weighted by Crippen LogP contribution is 2.23. The average Bonchev–Trinajstić information content (AvgIpc) is 2.78. The third-order valence-electron chi connectivity index (χ3n) is 5.45. The number of rotatable bonds is 8. The summed E-state index contributed by atoms with van der Waals surface area (Å²) in [4.78, 5) is 27.3. The summed E-state index contributed by atoms with van der Waals surface area (Å²) in [5, 5.41) is 3.80. The number of amides is 2. The lowest BCUT2D eigenvalue weighted by Crippen LogP contribution is -2.46.